The summed E-state index contributed by atoms with van der Waals surface area (Å²) in [5.74, 6) is 0.707. The predicted molar refractivity (Wildman–Crippen MR) is 82.4 cm³/mol. The maximum Gasteiger partial charge on any atom is 0.142 e. The minimum Gasteiger partial charge on any atom is -0.495 e. The van der Waals surface area contributed by atoms with E-state index >= 15 is 0 Å². The summed E-state index contributed by atoms with van der Waals surface area (Å²) in [5.41, 5.74) is 1.54. The van der Waals surface area contributed by atoms with Crippen molar-refractivity contribution in [3.8, 4) is 11.5 Å². The van der Waals surface area contributed by atoms with Gasteiger partial charge >= 0.3 is 0 Å². The topological polar surface area (TPSA) is 38.7 Å². The Morgan fingerprint density at radius 3 is 2.43 bits per heavy atom. The number of benzene rings is 2. The fraction of sp³-hybridized carbons (Fsp3) is 0.250. The van der Waals surface area contributed by atoms with Gasteiger partial charge in [-0.2, -0.15) is 0 Å². The average Bonchev–Trinajstić information content (AvgIpc) is 2.49. The van der Waals surface area contributed by atoms with Gasteiger partial charge in [0, 0.05) is 5.56 Å². The SMILES string of the molecule is COc1ccc(C(O)c2ccc(C)c(F)c2)c(OC)c1Br. The van der Waals surface area contributed by atoms with E-state index in [-0.39, 0.29) is 5.82 Å². The molecule has 0 aliphatic rings. The lowest BCUT2D eigenvalue weighted by molar-refractivity contribution is 0.213. The fourth-order valence-electron chi connectivity index (χ4n) is 2.09. The number of rotatable bonds is 4. The second-order valence-electron chi connectivity index (χ2n) is 4.62. The number of halogens is 2. The van der Waals surface area contributed by atoms with Crippen LogP contribution in [-0.4, -0.2) is 19.3 Å². The second kappa shape index (κ2) is 6.45. The van der Waals surface area contributed by atoms with Crippen LogP contribution in [0.5, 0.6) is 11.5 Å². The van der Waals surface area contributed by atoms with Gasteiger partial charge in [-0.05, 0) is 52.2 Å². The summed E-state index contributed by atoms with van der Waals surface area (Å²) < 4.78 is 24.8. The first-order valence-corrected chi connectivity index (χ1v) is 7.13. The Kier molecular flexibility index (Phi) is 4.85. The zero-order valence-corrected chi connectivity index (χ0v) is 13.6. The van der Waals surface area contributed by atoms with Crippen molar-refractivity contribution in [2.75, 3.05) is 14.2 Å². The molecular weight excluding hydrogens is 339 g/mol. The number of aryl methyl sites for hydroxylation is 1. The van der Waals surface area contributed by atoms with Crippen molar-refractivity contribution in [3.05, 3.63) is 57.3 Å². The molecule has 112 valence electrons. The van der Waals surface area contributed by atoms with E-state index in [9.17, 15) is 9.50 Å². The molecule has 0 fully saturated rings. The van der Waals surface area contributed by atoms with E-state index in [1.807, 2.05) is 0 Å². The molecule has 0 saturated carbocycles. The molecule has 0 aliphatic carbocycles. The third kappa shape index (κ3) is 3.04. The van der Waals surface area contributed by atoms with Crippen LogP contribution in [0.1, 0.15) is 22.8 Å². The van der Waals surface area contributed by atoms with Gasteiger partial charge in [0.05, 0.1) is 14.2 Å². The lowest BCUT2D eigenvalue weighted by Crippen LogP contribution is -2.04. The highest BCUT2D eigenvalue weighted by atomic mass is 79.9. The van der Waals surface area contributed by atoms with E-state index in [4.69, 9.17) is 9.47 Å². The first-order valence-electron chi connectivity index (χ1n) is 6.34. The molecule has 0 radical (unpaired) electrons. The highest BCUT2D eigenvalue weighted by molar-refractivity contribution is 9.10. The van der Waals surface area contributed by atoms with Crippen LogP contribution >= 0.6 is 15.9 Å². The van der Waals surface area contributed by atoms with Gasteiger partial charge in [0.15, 0.2) is 0 Å². The van der Waals surface area contributed by atoms with Crippen LogP contribution in [0.3, 0.4) is 0 Å². The van der Waals surface area contributed by atoms with E-state index < -0.39 is 6.10 Å². The Hall–Kier alpha value is -1.59. The summed E-state index contributed by atoms with van der Waals surface area (Å²) >= 11 is 3.38. The van der Waals surface area contributed by atoms with Gasteiger partial charge in [0.2, 0.25) is 0 Å². The van der Waals surface area contributed by atoms with Crippen LogP contribution in [-0.2, 0) is 0 Å². The van der Waals surface area contributed by atoms with Crippen molar-refractivity contribution < 1.29 is 19.0 Å². The maximum atomic E-state index is 13.7. The molecule has 1 N–H and O–H groups in total. The van der Waals surface area contributed by atoms with Crippen molar-refractivity contribution in [2.24, 2.45) is 0 Å². The zero-order valence-electron chi connectivity index (χ0n) is 12.0. The Morgan fingerprint density at radius 1 is 1.14 bits per heavy atom. The minimum absolute atomic E-state index is 0.349. The molecule has 21 heavy (non-hydrogen) atoms. The maximum absolute atomic E-state index is 13.7. The molecule has 2 rings (SSSR count). The van der Waals surface area contributed by atoms with E-state index in [0.717, 1.165) is 0 Å². The molecule has 1 atom stereocenters. The van der Waals surface area contributed by atoms with Crippen molar-refractivity contribution in [1.82, 2.24) is 0 Å². The van der Waals surface area contributed by atoms with Crippen LogP contribution in [0.15, 0.2) is 34.8 Å². The van der Waals surface area contributed by atoms with Crippen molar-refractivity contribution in [2.45, 2.75) is 13.0 Å². The standard InChI is InChI=1S/C16H16BrFO3/c1-9-4-5-10(8-12(9)18)15(19)11-6-7-13(20-2)14(17)16(11)21-3/h4-8,15,19H,1-3H3. The number of aliphatic hydroxyl groups excluding tert-OH is 1. The van der Waals surface area contributed by atoms with Crippen molar-refractivity contribution >= 4 is 15.9 Å². The monoisotopic (exact) mass is 354 g/mol. The molecular formula is C16H16BrFO3. The molecule has 0 heterocycles. The molecule has 2 aromatic rings. The summed E-state index contributed by atoms with van der Waals surface area (Å²) in [6.45, 7) is 1.68. The molecule has 0 amide bonds. The summed E-state index contributed by atoms with van der Waals surface area (Å²) in [7, 11) is 3.05. The van der Waals surface area contributed by atoms with Gasteiger partial charge in [0.25, 0.3) is 0 Å². The smallest absolute Gasteiger partial charge is 0.142 e. The van der Waals surface area contributed by atoms with Crippen LogP contribution in [0.4, 0.5) is 4.39 Å². The normalized spacial score (nSPS) is 12.1. The fourth-order valence-corrected chi connectivity index (χ4v) is 2.78. The van der Waals surface area contributed by atoms with Crippen molar-refractivity contribution in [1.29, 1.82) is 0 Å². The van der Waals surface area contributed by atoms with Crippen molar-refractivity contribution in [3.63, 3.8) is 0 Å². The quantitative estimate of drug-likeness (QED) is 0.901. The molecule has 2 aromatic carbocycles. The largest absolute Gasteiger partial charge is 0.495 e. The highest BCUT2D eigenvalue weighted by Gasteiger charge is 2.20. The number of hydrogen-bond acceptors (Lipinski definition) is 3. The van der Waals surface area contributed by atoms with E-state index in [1.165, 1.54) is 13.2 Å². The third-order valence-electron chi connectivity index (χ3n) is 3.32. The van der Waals surface area contributed by atoms with Gasteiger partial charge in [0.1, 0.15) is 27.9 Å². The van der Waals surface area contributed by atoms with E-state index in [1.54, 1.807) is 38.3 Å². The molecule has 5 heteroatoms. The Bertz CT molecular complexity index is 658. The Balaban J connectivity index is 2.50. The summed E-state index contributed by atoms with van der Waals surface area (Å²) in [6.07, 6.45) is -0.989. The lowest BCUT2D eigenvalue weighted by Gasteiger charge is -2.18. The van der Waals surface area contributed by atoms with E-state index in [2.05, 4.69) is 15.9 Å². The van der Waals surface area contributed by atoms with Gasteiger partial charge in [-0.15, -0.1) is 0 Å². The Morgan fingerprint density at radius 2 is 1.86 bits per heavy atom. The molecule has 0 saturated heterocycles. The third-order valence-corrected chi connectivity index (χ3v) is 4.07. The van der Waals surface area contributed by atoms with Gasteiger partial charge < -0.3 is 14.6 Å². The molecule has 1 unspecified atom stereocenters. The minimum atomic E-state index is -0.989. The predicted octanol–water partition coefficient (Wildman–Crippen LogP) is 4.00. The molecule has 0 spiro atoms. The first kappa shape index (κ1) is 15.8. The van der Waals surface area contributed by atoms with E-state index in [0.29, 0.717) is 32.7 Å². The summed E-state index contributed by atoms with van der Waals surface area (Å²) in [6, 6.07) is 8.08. The molecule has 0 aliphatic heterocycles. The number of methoxy groups -OCH3 is 2. The van der Waals surface area contributed by atoms with Gasteiger partial charge in [-0.3, -0.25) is 0 Å². The van der Waals surface area contributed by atoms with Gasteiger partial charge in [-0.1, -0.05) is 12.1 Å². The van der Waals surface area contributed by atoms with Crippen LogP contribution in [0, 0.1) is 12.7 Å². The van der Waals surface area contributed by atoms with Crippen LogP contribution < -0.4 is 9.47 Å². The Labute approximate surface area is 131 Å². The average molecular weight is 355 g/mol. The van der Waals surface area contributed by atoms with Gasteiger partial charge in [-0.25, -0.2) is 4.39 Å². The second-order valence-corrected chi connectivity index (χ2v) is 5.41. The molecule has 0 bridgehead atoms. The van der Waals surface area contributed by atoms with Crippen LogP contribution in [0.2, 0.25) is 0 Å². The molecule has 3 nitrogen and oxygen atoms in total. The zero-order chi connectivity index (χ0) is 15.6. The summed E-state index contributed by atoms with van der Waals surface area (Å²) in [4.78, 5) is 0. The summed E-state index contributed by atoms with van der Waals surface area (Å²) in [5, 5.41) is 10.5. The highest BCUT2D eigenvalue weighted by Crippen LogP contribution is 2.41. The first-order chi connectivity index (χ1) is 9.99. The number of ether oxygens (including phenoxy) is 2. The van der Waals surface area contributed by atoms with Crippen LogP contribution in [0.25, 0.3) is 0 Å². The lowest BCUT2D eigenvalue weighted by atomic mass is 9.99. The number of hydrogen-bond donors (Lipinski definition) is 1. The molecule has 0 aromatic heterocycles. The number of aliphatic hydroxyl groups is 1.